The smallest absolute Gasteiger partial charge is 0.0387 e. The second-order valence-electron chi connectivity index (χ2n) is 6.05. The molecule has 0 saturated heterocycles. The van der Waals surface area contributed by atoms with Crippen LogP contribution in [0.4, 0.5) is 0 Å². The van der Waals surface area contributed by atoms with Crippen LogP contribution < -0.4 is 0 Å². The summed E-state index contributed by atoms with van der Waals surface area (Å²) in [6.07, 6.45) is 4.82. The second kappa shape index (κ2) is 5.81. The monoisotopic (exact) mass is 296 g/mol. The molecule has 0 spiro atoms. The summed E-state index contributed by atoms with van der Waals surface area (Å²) in [6, 6.07) is 9.35. The van der Waals surface area contributed by atoms with Gasteiger partial charge in [-0.15, -0.1) is 11.3 Å². The van der Waals surface area contributed by atoms with E-state index in [2.05, 4.69) is 52.0 Å². The number of fused-ring (bicyclic) bond motifs is 3. The molecule has 0 unspecified atom stereocenters. The normalized spacial score (nSPS) is 11.6. The van der Waals surface area contributed by atoms with Gasteiger partial charge in [0.15, 0.2) is 0 Å². The average molecular weight is 296 g/mol. The Labute approximate surface area is 131 Å². The standard InChI is InChI=1S/C20H24S/c1-5-7-15-9-11-17-18-12-10-16(8-6-2)14(4)20(18)21-19(17)13(15)3/h9-12H,5-8H2,1-4H3. The summed E-state index contributed by atoms with van der Waals surface area (Å²) in [5.74, 6) is 0. The van der Waals surface area contributed by atoms with Gasteiger partial charge in [-0.1, -0.05) is 51.0 Å². The van der Waals surface area contributed by atoms with Crippen molar-refractivity contribution in [3.63, 3.8) is 0 Å². The molecule has 0 amide bonds. The molecule has 0 radical (unpaired) electrons. The van der Waals surface area contributed by atoms with Gasteiger partial charge in [0.1, 0.15) is 0 Å². The highest BCUT2D eigenvalue weighted by Crippen LogP contribution is 2.39. The molecule has 1 aromatic heterocycles. The maximum atomic E-state index is 2.34. The Morgan fingerprint density at radius 2 is 1.14 bits per heavy atom. The predicted molar refractivity (Wildman–Crippen MR) is 96.8 cm³/mol. The zero-order valence-corrected chi connectivity index (χ0v) is 14.4. The number of hydrogen-bond acceptors (Lipinski definition) is 1. The molecule has 0 aliphatic carbocycles. The lowest BCUT2D eigenvalue weighted by atomic mass is 9.98. The summed E-state index contributed by atoms with van der Waals surface area (Å²) in [7, 11) is 0. The lowest BCUT2D eigenvalue weighted by Gasteiger charge is -2.05. The quantitative estimate of drug-likeness (QED) is 0.510. The first kappa shape index (κ1) is 14.6. The van der Waals surface area contributed by atoms with Crippen molar-refractivity contribution in [2.75, 3.05) is 0 Å². The summed E-state index contributed by atoms with van der Waals surface area (Å²) in [5, 5.41) is 2.89. The Morgan fingerprint density at radius 1 is 0.714 bits per heavy atom. The third-order valence-electron chi connectivity index (χ3n) is 4.57. The maximum Gasteiger partial charge on any atom is 0.0387 e. The van der Waals surface area contributed by atoms with Crippen LogP contribution in [-0.4, -0.2) is 0 Å². The number of rotatable bonds is 4. The van der Waals surface area contributed by atoms with E-state index in [1.54, 1.807) is 0 Å². The van der Waals surface area contributed by atoms with Crippen molar-refractivity contribution in [1.29, 1.82) is 0 Å². The molecular formula is C20H24S. The molecule has 3 aromatic rings. The number of aryl methyl sites for hydroxylation is 4. The van der Waals surface area contributed by atoms with Crippen molar-refractivity contribution in [2.45, 2.75) is 53.4 Å². The highest BCUT2D eigenvalue weighted by molar-refractivity contribution is 7.26. The van der Waals surface area contributed by atoms with E-state index >= 15 is 0 Å². The Hall–Kier alpha value is -1.34. The number of hydrogen-bond donors (Lipinski definition) is 0. The summed E-state index contributed by atoms with van der Waals surface area (Å²) in [5.41, 5.74) is 6.02. The highest BCUT2D eigenvalue weighted by atomic mass is 32.1. The Morgan fingerprint density at radius 3 is 1.52 bits per heavy atom. The summed E-state index contributed by atoms with van der Waals surface area (Å²) < 4.78 is 2.99. The zero-order valence-electron chi connectivity index (χ0n) is 13.5. The fraction of sp³-hybridized carbons (Fsp3) is 0.400. The van der Waals surface area contributed by atoms with Gasteiger partial charge in [-0.05, 0) is 48.9 Å². The van der Waals surface area contributed by atoms with Crippen LogP contribution in [0.15, 0.2) is 24.3 Å². The van der Waals surface area contributed by atoms with Gasteiger partial charge < -0.3 is 0 Å². The van der Waals surface area contributed by atoms with Crippen LogP contribution in [0, 0.1) is 13.8 Å². The molecule has 110 valence electrons. The highest BCUT2D eigenvalue weighted by Gasteiger charge is 2.12. The van der Waals surface area contributed by atoms with Gasteiger partial charge in [-0.25, -0.2) is 0 Å². The Bertz CT molecular complexity index is 726. The third kappa shape index (κ3) is 2.38. The SMILES string of the molecule is CCCc1ccc2c(sc3c(C)c(CCC)ccc32)c1C. The topological polar surface area (TPSA) is 0 Å². The first-order chi connectivity index (χ1) is 10.2. The van der Waals surface area contributed by atoms with Gasteiger partial charge in [0.05, 0.1) is 0 Å². The van der Waals surface area contributed by atoms with Crippen LogP contribution in [0.5, 0.6) is 0 Å². The van der Waals surface area contributed by atoms with E-state index in [0.717, 1.165) is 0 Å². The van der Waals surface area contributed by atoms with Crippen molar-refractivity contribution >= 4 is 31.5 Å². The second-order valence-corrected chi connectivity index (χ2v) is 7.08. The molecule has 0 fully saturated rings. The maximum absolute atomic E-state index is 2.34. The minimum Gasteiger partial charge on any atom is -0.135 e. The van der Waals surface area contributed by atoms with Gasteiger partial charge >= 0.3 is 0 Å². The van der Waals surface area contributed by atoms with Crippen LogP contribution in [0.3, 0.4) is 0 Å². The van der Waals surface area contributed by atoms with E-state index in [1.165, 1.54) is 68.1 Å². The minimum absolute atomic E-state index is 1.19. The summed E-state index contributed by atoms with van der Waals surface area (Å²) >= 11 is 1.99. The van der Waals surface area contributed by atoms with E-state index < -0.39 is 0 Å². The van der Waals surface area contributed by atoms with E-state index in [9.17, 15) is 0 Å². The molecule has 0 bridgehead atoms. The molecule has 0 aliphatic heterocycles. The molecule has 2 aromatic carbocycles. The van der Waals surface area contributed by atoms with E-state index in [0.29, 0.717) is 0 Å². The lowest BCUT2D eigenvalue weighted by Crippen LogP contribution is -1.88. The van der Waals surface area contributed by atoms with E-state index in [4.69, 9.17) is 0 Å². The Kier molecular flexibility index (Phi) is 4.03. The molecule has 21 heavy (non-hydrogen) atoms. The van der Waals surface area contributed by atoms with Crippen LogP contribution in [0.25, 0.3) is 20.2 Å². The molecule has 1 heteroatoms. The zero-order chi connectivity index (χ0) is 15.0. The molecule has 0 N–H and O–H groups in total. The van der Waals surface area contributed by atoms with E-state index in [-0.39, 0.29) is 0 Å². The van der Waals surface area contributed by atoms with Gasteiger partial charge in [0.2, 0.25) is 0 Å². The van der Waals surface area contributed by atoms with Crippen molar-refractivity contribution in [1.82, 2.24) is 0 Å². The Balaban J connectivity index is 2.28. The van der Waals surface area contributed by atoms with Crippen LogP contribution in [-0.2, 0) is 12.8 Å². The summed E-state index contributed by atoms with van der Waals surface area (Å²) in [6.45, 7) is 9.11. The largest absolute Gasteiger partial charge is 0.135 e. The van der Waals surface area contributed by atoms with Crippen molar-refractivity contribution in [2.24, 2.45) is 0 Å². The summed E-state index contributed by atoms with van der Waals surface area (Å²) in [4.78, 5) is 0. The number of thiophene rings is 1. The fourth-order valence-electron chi connectivity index (χ4n) is 3.33. The van der Waals surface area contributed by atoms with Crippen molar-refractivity contribution in [3.8, 4) is 0 Å². The number of benzene rings is 2. The van der Waals surface area contributed by atoms with Crippen LogP contribution in [0.1, 0.15) is 48.9 Å². The van der Waals surface area contributed by atoms with Gasteiger partial charge in [-0.3, -0.25) is 0 Å². The van der Waals surface area contributed by atoms with Crippen molar-refractivity contribution < 1.29 is 0 Å². The lowest BCUT2D eigenvalue weighted by molar-refractivity contribution is 0.916. The molecule has 0 aliphatic rings. The van der Waals surface area contributed by atoms with Gasteiger partial charge in [0.25, 0.3) is 0 Å². The first-order valence-electron chi connectivity index (χ1n) is 8.10. The van der Waals surface area contributed by atoms with Gasteiger partial charge in [0, 0.05) is 20.2 Å². The van der Waals surface area contributed by atoms with Gasteiger partial charge in [-0.2, -0.15) is 0 Å². The van der Waals surface area contributed by atoms with Crippen molar-refractivity contribution in [3.05, 3.63) is 46.5 Å². The molecule has 0 saturated carbocycles. The van der Waals surface area contributed by atoms with E-state index in [1.807, 2.05) is 11.3 Å². The first-order valence-corrected chi connectivity index (χ1v) is 8.92. The molecule has 1 heterocycles. The van der Waals surface area contributed by atoms with Crippen LogP contribution in [0.2, 0.25) is 0 Å². The van der Waals surface area contributed by atoms with Crippen LogP contribution >= 0.6 is 11.3 Å². The molecule has 0 nitrogen and oxygen atoms in total. The molecular weight excluding hydrogens is 272 g/mol. The fourth-order valence-corrected chi connectivity index (χ4v) is 4.68. The average Bonchev–Trinajstić information content (AvgIpc) is 2.86. The minimum atomic E-state index is 1.19. The predicted octanol–water partition coefficient (Wildman–Crippen LogP) is 6.58. The molecule has 0 atom stereocenters. The molecule has 3 rings (SSSR count). The third-order valence-corrected chi connectivity index (χ3v) is 6.03.